The monoisotopic (exact) mass is 439 g/mol. The van der Waals surface area contributed by atoms with E-state index in [1.54, 1.807) is 16.8 Å². The van der Waals surface area contributed by atoms with E-state index >= 15 is 0 Å². The van der Waals surface area contributed by atoms with Crippen molar-refractivity contribution in [1.29, 1.82) is 0 Å². The molecule has 0 fully saturated rings. The minimum atomic E-state index is -0.869. The summed E-state index contributed by atoms with van der Waals surface area (Å²) >= 11 is 0. The highest BCUT2D eigenvalue weighted by atomic mass is 16.6. The van der Waals surface area contributed by atoms with E-state index in [2.05, 4.69) is 15.4 Å². The van der Waals surface area contributed by atoms with Gasteiger partial charge in [-0.1, -0.05) is 17.3 Å². The first kappa shape index (κ1) is 21.1. The fourth-order valence-corrected chi connectivity index (χ4v) is 3.34. The number of amides is 1. The molecule has 0 unspecified atom stereocenters. The number of esters is 1. The Labute approximate surface area is 183 Å². The number of nitrogens with zero attached hydrogens (tertiary/aromatic N) is 5. The Kier molecular flexibility index (Phi) is 5.63. The number of hydrogen-bond donors (Lipinski definition) is 0. The van der Waals surface area contributed by atoms with Crippen LogP contribution in [0.15, 0.2) is 41.5 Å². The second kappa shape index (κ2) is 8.53. The number of carbonyl (C=O) groups is 2. The van der Waals surface area contributed by atoms with Crippen LogP contribution in [-0.4, -0.2) is 52.0 Å². The van der Waals surface area contributed by atoms with E-state index in [1.165, 1.54) is 33.1 Å². The maximum absolute atomic E-state index is 12.3. The summed E-state index contributed by atoms with van der Waals surface area (Å²) in [6, 6.07) is 10.7. The van der Waals surface area contributed by atoms with Crippen molar-refractivity contribution in [3.63, 3.8) is 0 Å². The van der Waals surface area contributed by atoms with E-state index in [4.69, 9.17) is 18.9 Å². The molecule has 1 aromatic heterocycles. The predicted molar refractivity (Wildman–Crippen MR) is 112 cm³/mol. The largest absolute Gasteiger partial charge is 0.493 e. The van der Waals surface area contributed by atoms with Gasteiger partial charge >= 0.3 is 5.97 Å². The SMILES string of the molecule is COc1cc([C@@H]2OC(Cn3nnc4ccccc43)=NN2C(C)=O)cc(OC)c1OC(C)=O. The van der Waals surface area contributed by atoms with Gasteiger partial charge < -0.3 is 18.9 Å². The van der Waals surface area contributed by atoms with Crippen LogP contribution in [-0.2, 0) is 20.9 Å². The highest BCUT2D eigenvalue weighted by molar-refractivity contribution is 5.84. The van der Waals surface area contributed by atoms with Crippen molar-refractivity contribution in [1.82, 2.24) is 20.0 Å². The zero-order valence-electron chi connectivity index (χ0n) is 17.9. The fraction of sp³-hybridized carbons (Fsp3) is 0.286. The summed E-state index contributed by atoms with van der Waals surface area (Å²) in [6.07, 6.45) is -0.869. The van der Waals surface area contributed by atoms with Crippen LogP contribution in [0.2, 0.25) is 0 Å². The number of ether oxygens (including phenoxy) is 4. The van der Waals surface area contributed by atoms with Crippen LogP contribution in [0.3, 0.4) is 0 Å². The molecular formula is C21H21N5O6. The molecule has 0 saturated carbocycles. The number of fused-ring (bicyclic) bond motifs is 1. The Morgan fingerprint density at radius 2 is 1.78 bits per heavy atom. The molecule has 3 aromatic rings. The first-order valence-electron chi connectivity index (χ1n) is 9.67. The molecule has 2 aromatic carbocycles. The van der Waals surface area contributed by atoms with Crippen molar-refractivity contribution in [2.45, 2.75) is 26.6 Å². The van der Waals surface area contributed by atoms with Gasteiger partial charge in [-0.15, -0.1) is 10.2 Å². The minimum Gasteiger partial charge on any atom is -0.493 e. The number of carbonyl (C=O) groups excluding carboxylic acids is 2. The van der Waals surface area contributed by atoms with Gasteiger partial charge in [0.15, 0.2) is 11.5 Å². The molecule has 0 bridgehead atoms. The summed E-state index contributed by atoms with van der Waals surface area (Å²) in [7, 11) is 2.86. The Bertz CT molecular complexity index is 1200. The summed E-state index contributed by atoms with van der Waals surface area (Å²) in [4.78, 5) is 23.8. The second-order valence-corrected chi connectivity index (χ2v) is 6.91. The number of methoxy groups -OCH3 is 2. The zero-order valence-corrected chi connectivity index (χ0v) is 17.9. The van der Waals surface area contributed by atoms with E-state index in [-0.39, 0.29) is 35.6 Å². The molecule has 11 heteroatoms. The third-order valence-electron chi connectivity index (χ3n) is 4.73. The number of benzene rings is 2. The lowest BCUT2D eigenvalue weighted by atomic mass is 10.1. The lowest BCUT2D eigenvalue weighted by molar-refractivity contribution is -0.135. The molecule has 1 aliphatic rings. The molecule has 0 spiro atoms. The van der Waals surface area contributed by atoms with Crippen LogP contribution in [0.5, 0.6) is 17.2 Å². The summed E-state index contributed by atoms with van der Waals surface area (Å²) in [5, 5.41) is 13.8. The maximum Gasteiger partial charge on any atom is 0.308 e. The molecule has 1 atom stereocenters. The van der Waals surface area contributed by atoms with Gasteiger partial charge in [0.1, 0.15) is 12.1 Å². The van der Waals surface area contributed by atoms with Crippen molar-refractivity contribution >= 4 is 28.8 Å². The number of para-hydroxylation sites is 1. The van der Waals surface area contributed by atoms with Gasteiger partial charge in [-0.3, -0.25) is 9.59 Å². The minimum absolute atomic E-state index is 0.133. The summed E-state index contributed by atoms with van der Waals surface area (Å²) in [5.74, 6) is 0.0596. The average molecular weight is 439 g/mol. The Hall–Kier alpha value is -4.15. The molecule has 166 valence electrons. The molecule has 0 aliphatic carbocycles. The Balaban J connectivity index is 1.66. The lowest BCUT2D eigenvalue weighted by Crippen LogP contribution is -2.25. The number of hydrogen-bond acceptors (Lipinski definition) is 9. The average Bonchev–Trinajstić information content (AvgIpc) is 3.38. The van der Waals surface area contributed by atoms with E-state index in [0.717, 1.165) is 11.0 Å². The highest BCUT2D eigenvalue weighted by Gasteiger charge is 2.34. The molecule has 11 nitrogen and oxygen atoms in total. The molecule has 1 amide bonds. The van der Waals surface area contributed by atoms with Gasteiger partial charge in [0.25, 0.3) is 0 Å². The third kappa shape index (κ3) is 3.92. The van der Waals surface area contributed by atoms with Crippen molar-refractivity contribution in [3.8, 4) is 17.2 Å². The van der Waals surface area contributed by atoms with Crippen molar-refractivity contribution < 1.29 is 28.5 Å². The quantitative estimate of drug-likeness (QED) is 0.424. The van der Waals surface area contributed by atoms with Crippen LogP contribution < -0.4 is 14.2 Å². The molecule has 0 radical (unpaired) electrons. The first-order chi connectivity index (χ1) is 15.4. The topological polar surface area (TPSA) is 117 Å². The molecular weight excluding hydrogens is 418 g/mol. The second-order valence-electron chi connectivity index (χ2n) is 6.91. The molecule has 2 heterocycles. The summed E-state index contributed by atoms with van der Waals surface area (Å²) in [6.45, 7) is 2.84. The Morgan fingerprint density at radius 3 is 2.41 bits per heavy atom. The van der Waals surface area contributed by atoms with Gasteiger partial charge in [0.2, 0.25) is 23.8 Å². The van der Waals surface area contributed by atoms with Gasteiger partial charge in [-0.05, 0) is 24.3 Å². The maximum atomic E-state index is 12.3. The summed E-state index contributed by atoms with van der Waals surface area (Å²) < 4.78 is 23.6. The van der Waals surface area contributed by atoms with Gasteiger partial charge in [0.05, 0.1) is 19.7 Å². The normalized spacial score (nSPS) is 15.3. The smallest absolute Gasteiger partial charge is 0.308 e. The van der Waals surface area contributed by atoms with E-state index < -0.39 is 12.2 Å². The first-order valence-corrected chi connectivity index (χ1v) is 9.67. The predicted octanol–water partition coefficient (Wildman–Crippen LogP) is 2.26. The highest BCUT2D eigenvalue weighted by Crippen LogP contribution is 2.42. The molecule has 0 N–H and O–H groups in total. The zero-order chi connectivity index (χ0) is 22.8. The molecule has 0 saturated heterocycles. The third-order valence-corrected chi connectivity index (χ3v) is 4.73. The summed E-state index contributed by atoms with van der Waals surface area (Å²) in [5.41, 5.74) is 2.07. The van der Waals surface area contributed by atoms with Crippen molar-refractivity contribution in [2.75, 3.05) is 14.2 Å². The molecule has 4 rings (SSSR count). The number of aromatic nitrogens is 3. The number of hydrazone groups is 1. The van der Waals surface area contributed by atoms with Crippen LogP contribution in [0.4, 0.5) is 0 Å². The lowest BCUT2D eigenvalue weighted by Gasteiger charge is -2.21. The van der Waals surface area contributed by atoms with Crippen LogP contribution in [0.1, 0.15) is 25.6 Å². The standard InChI is InChI=1S/C21H21N5O6/c1-12(27)26-21(14-9-17(29-3)20(31-13(2)28)18(10-14)30-4)32-19(23-26)11-25-16-8-6-5-7-15(16)22-24-25/h5-10,21H,11H2,1-4H3/t21-/m0/s1. The number of rotatable bonds is 6. The Morgan fingerprint density at radius 1 is 1.09 bits per heavy atom. The van der Waals surface area contributed by atoms with Crippen LogP contribution >= 0.6 is 0 Å². The van der Waals surface area contributed by atoms with E-state index in [0.29, 0.717) is 5.56 Å². The van der Waals surface area contributed by atoms with Crippen LogP contribution in [0, 0.1) is 0 Å². The van der Waals surface area contributed by atoms with E-state index in [1.807, 2.05) is 24.3 Å². The molecule has 1 aliphatic heterocycles. The van der Waals surface area contributed by atoms with Gasteiger partial charge in [-0.25, -0.2) is 4.68 Å². The van der Waals surface area contributed by atoms with Gasteiger partial charge in [-0.2, -0.15) is 5.01 Å². The van der Waals surface area contributed by atoms with Crippen molar-refractivity contribution in [3.05, 3.63) is 42.0 Å². The van der Waals surface area contributed by atoms with Crippen LogP contribution in [0.25, 0.3) is 11.0 Å². The van der Waals surface area contributed by atoms with Crippen molar-refractivity contribution in [2.24, 2.45) is 5.10 Å². The fourth-order valence-electron chi connectivity index (χ4n) is 3.34. The van der Waals surface area contributed by atoms with Gasteiger partial charge in [0, 0.05) is 19.4 Å². The van der Waals surface area contributed by atoms with E-state index in [9.17, 15) is 9.59 Å². The molecule has 32 heavy (non-hydrogen) atoms.